The Morgan fingerprint density at radius 1 is 1.00 bits per heavy atom. The largest absolute Gasteiger partial charge is 0.388 e. The Balaban J connectivity index is 1.77. The average molecular weight is 252 g/mol. The van der Waals surface area contributed by atoms with Crippen LogP contribution >= 0.6 is 0 Å². The van der Waals surface area contributed by atoms with E-state index in [4.69, 9.17) is 0 Å². The summed E-state index contributed by atoms with van der Waals surface area (Å²) in [6.07, 6.45) is 2.68. The fourth-order valence-electron chi connectivity index (χ4n) is 3.04. The van der Waals surface area contributed by atoms with Gasteiger partial charge in [0, 0.05) is 0 Å². The van der Waals surface area contributed by atoms with Gasteiger partial charge in [-0.05, 0) is 47.4 Å². The van der Waals surface area contributed by atoms with Crippen LogP contribution in [0.3, 0.4) is 0 Å². The molecule has 0 aliphatic heterocycles. The van der Waals surface area contributed by atoms with Crippen LogP contribution in [0.4, 0.5) is 0 Å². The Morgan fingerprint density at radius 3 is 2.11 bits per heavy atom. The summed E-state index contributed by atoms with van der Waals surface area (Å²) in [5, 5.41) is 10.6. The molecule has 0 saturated carbocycles. The first-order valence-electron chi connectivity index (χ1n) is 7.11. The molecule has 0 radical (unpaired) electrons. The van der Waals surface area contributed by atoms with Gasteiger partial charge in [0.2, 0.25) is 0 Å². The van der Waals surface area contributed by atoms with Gasteiger partial charge >= 0.3 is 0 Å². The molecule has 0 bridgehead atoms. The maximum atomic E-state index is 10.6. The van der Waals surface area contributed by atoms with Crippen molar-refractivity contribution in [1.82, 2.24) is 0 Å². The first kappa shape index (κ1) is 12.4. The van der Waals surface area contributed by atoms with Crippen molar-refractivity contribution in [2.24, 2.45) is 5.92 Å². The number of hydrogen-bond acceptors (Lipinski definition) is 1. The van der Waals surface area contributed by atoms with E-state index in [0.717, 1.165) is 24.8 Å². The van der Waals surface area contributed by atoms with E-state index in [9.17, 15) is 5.11 Å². The molecule has 0 fully saturated rings. The number of aliphatic hydroxyl groups excluding tert-OH is 1. The lowest BCUT2D eigenvalue weighted by Gasteiger charge is -2.18. The van der Waals surface area contributed by atoms with Crippen LogP contribution in [0.5, 0.6) is 0 Å². The molecule has 1 N–H and O–H groups in total. The maximum absolute atomic E-state index is 10.6. The Kier molecular flexibility index (Phi) is 3.39. The Morgan fingerprint density at radius 2 is 1.58 bits per heavy atom. The minimum Gasteiger partial charge on any atom is -0.388 e. The summed E-state index contributed by atoms with van der Waals surface area (Å²) in [4.78, 5) is 0. The molecule has 1 heteroatoms. The van der Waals surface area contributed by atoms with Crippen molar-refractivity contribution in [3.05, 3.63) is 70.8 Å². The van der Waals surface area contributed by atoms with E-state index >= 15 is 0 Å². The van der Waals surface area contributed by atoms with Crippen LogP contribution in [0.2, 0.25) is 0 Å². The van der Waals surface area contributed by atoms with Gasteiger partial charge < -0.3 is 5.11 Å². The molecule has 2 aromatic carbocycles. The average Bonchev–Trinajstić information content (AvgIpc) is 2.90. The third kappa shape index (κ3) is 2.43. The second-order valence-electron chi connectivity index (χ2n) is 5.48. The standard InChI is InChI=1S/C18H20O/c1-2-13-7-9-14(10-8-13)18(19)17-11-15-5-3-4-6-16(15)12-17/h3-10,17-19H,2,11-12H2,1H3. The summed E-state index contributed by atoms with van der Waals surface area (Å²) < 4.78 is 0. The summed E-state index contributed by atoms with van der Waals surface area (Å²) in [5.41, 5.74) is 5.18. The number of benzene rings is 2. The molecule has 3 rings (SSSR count). The molecule has 0 heterocycles. The number of aliphatic hydroxyl groups is 1. The highest BCUT2D eigenvalue weighted by molar-refractivity contribution is 5.34. The van der Waals surface area contributed by atoms with E-state index < -0.39 is 0 Å². The van der Waals surface area contributed by atoms with Crippen LogP contribution in [0.15, 0.2) is 48.5 Å². The fraction of sp³-hybridized carbons (Fsp3) is 0.333. The smallest absolute Gasteiger partial charge is 0.0824 e. The van der Waals surface area contributed by atoms with Crippen LogP contribution in [-0.2, 0) is 19.3 Å². The molecular formula is C18H20O. The summed E-state index contributed by atoms with van der Waals surface area (Å²) in [6.45, 7) is 2.15. The topological polar surface area (TPSA) is 20.2 Å². The molecular weight excluding hydrogens is 232 g/mol. The van der Waals surface area contributed by atoms with Crippen molar-refractivity contribution < 1.29 is 5.11 Å². The molecule has 98 valence electrons. The molecule has 0 saturated heterocycles. The van der Waals surface area contributed by atoms with Gasteiger partial charge in [0.15, 0.2) is 0 Å². The van der Waals surface area contributed by atoms with Gasteiger partial charge in [-0.15, -0.1) is 0 Å². The zero-order valence-electron chi connectivity index (χ0n) is 11.3. The normalized spacial score (nSPS) is 16.3. The third-order valence-electron chi connectivity index (χ3n) is 4.26. The van der Waals surface area contributed by atoms with E-state index in [-0.39, 0.29) is 6.10 Å². The Labute approximate surface area is 114 Å². The highest BCUT2D eigenvalue weighted by Gasteiger charge is 2.27. The lowest BCUT2D eigenvalue weighted by Crippen LogP contribution is -2.12. The van der Waals surface area contributed by atoms with Crippen LogP contribution in [-0.4, -0.2) is 5.11 Å². The van der Waals surface area contributed by atoms with Crippen molar-refractivity contribution in [2.45, 2.75) is 32.3 Å². The van der Waals surface area contributed by atoms with E-state index in [1.54, 1.807) is 0 Å². The molecule has 2 aromatic rings. The summed E-state index contributed by atoms with van der Waals surface area (Å²) in [5.74, 6) is 0.324. The Bertz CT molecular complexity index is 531. The summed E-state index contributed by atoms with van der Waals surface area (Å²) in [7, 11) is 0. The first-order valence-corrected chi connectivity index (χ1v) is 7.11. The quantitative estimate of drug-likeness (QED) is 0.883. The van der Waals surface area contributed by atoms with Crippen LogP contribution in [0.1, 0.15) is 35.3 Å². The fourth-order valence-corrected chi connectivity index (χ4v) is 3.04. The molecule has 1 nitrogen and oxygen atoms in total. The lowest BCUT2D eigenvalue weighted by molar-refractivity contribution is 0.113. The maximum Gasteiger partial charge on any atom is 0.0824 e. The highest BCUT2D eigenvalue weighted by atomic mass is 16.3. The van der Waals surface area contributed by atoms with E-state index in [0.29, 0.717) is 5.92 Å². The SMILES string of the molecule is CCc1ccc(C(O)C2Cc3ccccc3C2)cc1. The number of fused-ring (bicyclic) bond motifs is 1. The van der Waals surface area contributed by atoms with E-state index in [2.05, 4.69) is 55.5 Å². The van der Waals surface area contributed by atoms with Gasteiger partial charge in [-0.2, -0.15) is 0 Å². The van der Waals surface area contributed by atoms with Gasteiger partial charge in [-0.3, -0.25) is 0 Å². The van der Waals surface area contributed by atoms with Gasteiger partial charge in [-0.1, -0.05) is 55.5 Å². The number of hydrogen-bond donors (Lipinski definition) is 1. The van der Waals surface area contributed by atoms with Crippen molar-refractivity contribution in [3.63, 3.8) is 0 Å². The zero-order chi connectivity index (χ0) is 13.2. The second kappa shape index (κ2) is 5.18. The van der Waals surface area contributed by atoms with Crippen molar-refractivity contribution >= 4 is 0 Å². The first-order chi connectivity index (χ1) is 9.28. The highest BCUT2D eigenvalue weighted by Crippen LogP contribution is 2.35. The summed E-state index contributed by atoms with van der Waals surface area (Å²) >= 11 is 0. The van der Waals surface area contributed by atoms with Crippen molar-refractivity contribution in [2.75, 3.05) is 0 Å². The van der Waals surface area contributed by atoms with Gasteiger partial charge in [0.25, 0.3) is 0 Å². The predicted octanol–water partition coefficient (Wildman–Crippen LogP) is 3.70. The second-order valence-corrected chi connectivity index (χ2v) is 5.48. The van der Waals surface area contributed by atoms with E-state index in [1.807, 2.05) is 0 Å². The molecule has 1 aliphatic rings. The zero-order valence-corrected chi connectivity index (χ0v) is 11.3. The van der Waals surface area contributed by atoms with Crippen molar-refractivity contribution in [3.8, 4) is 0 Å². The predicted molar refractivity (Wildman–Crippen MR) is 78.1 cm³/mol. The third-order valence-corrected chi connectivity index (χ3v) is 4.26. The molecule has 0 spiro atoms. The van der Waals surface area contributed by atoms with E-state index in [1.165, 1.54) is 16.7 Å². The lowest BCUT2D eigenvalue weighted by atomic mass is 9.92. The van der Waals surface area contributed by atoms with Gasteiger partial charge in [-0.25, -0.2) is 0 Å². The van der Waals surface area contributed by atoms with Crippen molar-refractivity contribution in [1.29, 1.82) is 0 Å². The monoisotopic (exact) mass is 252 g/mol. The molecule has 19 heavy (non-hydrogen) atoms. The van der Waals surface area contributed by atoms with Gasteiger partial charge in [0.1, 0.15) is 0 Å². The molecule has 1 unspecified atom stereocenters. The minimum atomic E-state index is -0.349. The molecule has 0 aromatic heterocycles. The summed E-state index contributed by atoms with van der Waals surface area (Å²) in [6, 6.07) is 16.9. The Hall–Kier alpha value is -1.60. The van der Waals surface area contributed by atoms with Crippen LogP contribution < -0.4 is 0 Å². The molecule has 0 amide bonds. The number of rotatable bonds is 3. The van der Waals surface area contributed by atoms with Gasteiger partial charge in [0.05, 0.1) is 6.10 Å². The van der Waals surface area contributed by atoms with Crippen LogP contribution in [0.25, 0.3) is 0 Å². The van der Waals surface area contributed by atoms with Crippen LogP contribution in [0, 0.1) is 5.92 Å². The number of aryl methyl sites for hydroxylation is 1. The molecule has 1 atom stereocenters. The minimum absolute atomic E-state index is 0.324. The molecule has 1 aliphatic carbocycles.